The second-order valence-corrected chi connectivity index (χ2v) is 9.51. The zero-order chi connectivity index (χ0) is 25.2. The normalized spacial score (nSPS) is 15.1. The van der Waals surface area contributed by atoms with Crippen LogP contribution in [0.5, 0.6) is 11.5 Å². The van der Waals surface area contributed by atoms with Gasteiger partial charge in [0, 0.05) is 17.6 Å². The molecule has 1 unspecified atom stereocenters. The molecule has 0 aliphatic heterocycles. The topological polar surface area (TPSA) is 67.9 Å². The molecule has 0 aromatic heterocycles. The maximum atomic E-state index is 13.8. The molecule has 0 spiro atoms. The number of nitrogens with one attached hydrogen (secondary N) is 1. The van der Waals surface area contributed by atoms with Gasteiger partial charge in [-0.2, -0.15) is 0 Å². The number of ether oxygens (including phenoxy) is 2. The minimum absolute atomic E-state index is 0.0943. The van der Waals surface area contributed by atoms with Crippen LogP contribution in [0, 0.1) is 0 Å². The summed E-state index contributed by atoms with van der Waals surface area (Å²) in [6.07, 6.45) is 6.99. The number of methoxy groups -OCH3 is 2. The maximum absolute atomic E-state index is 13.8. The van der Waals surface area contributed by atoms with Crippen LogP contribution in [0.3, 0.4) is 0 Å². The van der Waals surface area contributed by atoms with E-state index in [0.29, 0.717) is 35.1 Å². The highest BCUT2D eigenvalue weighted by molar-refractivity contribution is 6.30. The molecule has 6 nitrogen and oxygen atoms in total. The molecule has 3 rings (SSSR count). The van der Waals surface area contributed by atoms with Gasteiger partial charge >= 0.3 is 0 Å². The average molecular weight is 521 g/mol. The van der Waals surface area contributed by atoms with E-state index in [1.807, 2.05) is 24.3 Å². The smallest absolute Gasteiger partial charge is 0.247 e. The Hall–Kier alpha value is -2.44. The van der Waals surface area contributed by atoms with E-state index < -0.39 is 6.04 Å². The number of hydrogen-bond donors (Lipinski definition) is 1. The van der Waals surface area contributed by atoms with E-state index in [0.717, 1.165) is 31.2 Å². The van der Waals surface area contributed by atoms with E-state index in [1.54, 1.807) is 37.3 Å². The van der Waals surface area contributed by atoms with Gasteiger partial charge in [0.2, 0.25) is 11.8 Å². The van der Waals surface area contributed by atoms with Gasteiger partial charge < -0.3 is 19.7 Å². The van der Waals surface area contributed by atoms with E-state index in [2.05, 4.69) is 5.32 Å². The Kier molecular flexibility index (Phi) is 10.5. The fourth-order valence-electron chi connectivity index (χ4n) is 4.57. The molecule has 190 valence electrons. The Balaban J connectivity index is 1.94. The molecule has 1 N–H and O–H groups in total. The van der Waals surface area contributed by atoms with Crippen molar-refractivity contribution >= 4 is 35.0 Å². The van der Waals surface area contributed by atoms with Gasteiger partial charge in [-0.05, 0) is 54.7 Å². The summed E-state index contributed by atoms with van der Waals surface area (Å²) >= 11 is 12.0. The number of alkyl halides is 1. The summed E-state index contributed by atoms with van der Waals surface area (Å²) in [6.45, 7) is 0.324. The lowest BCUT2D eigenvalue weighted by Gasteiger charge is -2.32. The van der Waals surface area contributed by atoms with Gasteiger partial charge in [0.05, 0.1) is 14.2 Å². The molecule has 1 fully saturated rings. The quantitative estimate of drug-likeness (QED) is 0.329. The summed E-state index contributed by atoms with van der Waals surface area (Å²) in [6, 6.07) is 12.0. The standard InChI is InChI=1S/C27H34Cl2N2O4/c1-34-23-14-11-20(17-24(23)35-2)26(27(33)30-22-7-5-3-4-6-8-22)31(25(32)18-28)16-15-19-9-12-21(29)13-10-19/h9-14,17,22,26H,3-8,15-16,18H2,1-2H3,(H,30,33). The monoisotopic (exact) mass is 520 g/mol. The molecule has 2 amide bonds. The van der Waals surface area contributed by atoms with Crippen LogP contribution in [0.2, 0.25) is 5.02 Å². The molecule has 2 aromatic carbocycles. The zero-order valence-corrected chi connectivity index (χ0v) is 21.9. The van der Waals surface area contributed by atoms with E-state index in [1.165, 1.54) is 12.8 Å². The van der Waals surface area contributed by atoms with Crippen LogP contribution in [0.1, 0.15) is 55.7 Å². The third-order valence-corrected chi connectivity index (χ3v) is 6.95. The Labute approximate surface area is 217 Å². The summed E-state index contributed by atoms with van der Waals surface area (Å²) in [5.74, 6) is 0.306. The predicted octanol–water partition coefficient (Wildman–Crippen LogP) is 5.55. The number of amides is 2. The highest BCUT2D eigenvalue weighted by Crippen LogP contribution is 2.33. The second kappa shape index (κ2) is 13.6. The molecule has 0 radical (unpaired) electrons. The van der Waals surface area contributed by atoms with Gasteiger partial charge in [0.1, 0.15) is 11.9 Å². The summed E-state index contributed by atoms with van der Waals surface area (Å²) in [7, 11) is 3.10. The minimum Gasteiger partial charge on any atom is -0.493 e. The first-order valence-corrected chi connectivity index (χ1v) is 13.0. The molecular formula is C27H34Cl2N2O4. The first kappa shape index (κ1) is 27.2. The zero-order valence-electron chi connectivity index (χ0n) is 20.4. The lowest BCUT2D eigenvalue weighted by atomic mass is 10.0. The highest BCUT2D eigenvalue weighted by atomic mass is 35.5. The lowest BCUT2D eigenvalue weighted by Crippen LogP contribution is -2.47. The molecule has 8 heteroatoms. The average Bonchev–Trinajstić information content (AvgIpc) is 3.15. The van der Waals surface area contributed by atoms with Crippen molar-refractivity contribution in [2.75, 3.05) is 26.6 Å². The van der Waals surface area contributed by atoms with E-state index in [-0.39, 0.29) is 23.7 Å². The van der Waals surface area contributed by atoms with Gasteiger partial charge in [-0.15, -0.1) is 11.6 Å². The summed E-state index contributed by atoms with van der Waals surface area (Å²) in [5.41, 5.74) is 1.65. The van der Waals surface area contributed by atoms with Crippen molar-refractivity contribution in [3.63, 3.8) is 0 Å². The fourth-order valence-corrected chi connectivity index (χ4v) is 4.85. The maximum Gasteiger partial charge on any atom is 0.247 e. The summed E-state index contributed by atoms with van der Waals surface area (Å²) in [4.78, 5) is 28.4. The number of rotatable bonds is 10. The third kappa shape index (κ3) is 7.52. The number of benzene rings is 2. The van der Waals surface area contributed by atoms with Crippen LogP contribution >= 0.6 is 23.2 Å². The van der Waals surface area contributed by atoms with Crippen molar-refractivity contribution in [1.29, 1.82) is 0 Å². The molecule has 1 atom stereocenters. The number of carbonyl (C=O) groups is 2. The van der Waals surface area contributed by atoms with Crippen LogP contribution in [0.25, 0.3) is 0 Å². The fraction of sp³-hybridized carbons (Fsp3) is 0.481. The van der Waals surface area contributed by atoms with Crippen molar-refractivity contribution in [1.82, 2.24) is 10.2 Å². The Bertz CT molecular complexity index is 976. The predicted molar refractivity (Wildman–Crippen MR) is 140 cm³/mol. The van der Waals surface area contributed by atoms with Crippen LogP contribution in [0.15, 0.2) is 42.5 Å². The number of hydrogen-bond acceptors (Lipinski definition) is 4. The first-order chi connectivity index (χ1) is 17.0. The molecule has 0 heterocycles. The van der Waals surface area contributed by atoms with Crippen molar-refractivity contribution in [3.8, 4) is 11.5 Å². The Morgan fingerprint density at radius 1 is 1.00 bits per heavy atom. The minimum atomic E-state index is -0.850. The van der Waals surface area contributed by atoms with Crippen LogP contribution in [0.4, 0.5) is 0 Å². The molecular weight excluding hydrogens is 487 g/mol. The molecule has 0 bridgehead atoms. The number of carbonyl (C=O) groups excluding carboxylic acids is 2. The molecule has 1 aliphatic carbocycles. The van der Waals surface area contributed by atoms with E-state index in [9.17, 15) is 9.59 Å². The number of halogens is 2. The van der Waals surface area contributed by atoms with Crippen LogP contribution < -0.4 is 14.8 Å². The van der Waals surface area contributed by atoms with Gasteiger partial charge in [-0.25, -0.2) is 0 Å². The molecule has 1 saturated carbocycles. The highest BCUT2D eigenvalue weighted by Gasteiger charge is 2.33. The SMILES string of the molecule is COc1ccc(C(C(=O)NC2CCCCCC2)N(CCc2ccc(Cl)cc2)C(=O)CCl)cc1OC. The molecule has 0 saturated heterocycles. The molecule has 2 aromatic rings. The largest absolute Gasteiger partial charge is 0.493 e. The van der Waals surface area contributed by atoms with Crippen LogP contribution in [-0.4, -0.2) is 49.4 Å². The summed E-state index contributed by atoms with van der Waals surface area (Å²) in [5, 5.41) is 3.87. The first-order valence-electron chi connectivity index (χ1n) is 12.1. The van der Waals surface area contributed by atoms with Crippen molar-refractivity contribution in [3.05, 3.63) is 58.6 Å². The lowest BCUT2D eigenvalue weighted by molar-refractivity contribution is -0.139. The molecule has 35 heavy (non-hydrogen) atoms. The Morgan fingerprint density at radius 2 is 1.66 bits per heavy atom. The van der Waals surface area contributed by atoms with Crippen LogP contribution in [-0.2, 0) is 16.0 Å². The van der Waals surface area contributed by atoms with Gasteiger partial charge in [0.15, 0.2) is 11.5 Å². The van der Waals surface area contributed by atoms with Crippen molar-refractivity contribution < 1.29 is 19.1 Å². The van der Waals surface area contributed by atoms with Gasteiger partial charge in [0.25, 0.3) is 0 Å². The third-order valence-electron chi connectivity index (χ3n) is 6.47. The molecule has 1 aliphatic rings. The second-order valence-electron chi connectivity index (χ2n) is 8.81. The van der Waals surface area contributed by atoms with E-state index in [4.69, 9.17) is 32.7 Å². The Morgan fingerprint density at radius 3 is 2.26 bits per heavy atom. The van der Waals surface area contributed by atoms with Crippen molar-refractivity contribution in [2.45, 2.75) is 57.0 Å². The van der Waals surface area contributed by atoms with E-state index >= 15 is 0 Å². The van der Waals surface area contributed by atoms with Crippen molar-refractivity contribution in [2.24, 2.45) is 0 Å². The summed E-state index contributed by atoms with van der Waals surface area (Å²) < 4.78 is 10.9. The number of nitrogens with zero attached hydrogens (tertiary/aromatic N) is 1. The van der Waals surface area contributed by atoms with Gasteiger partial charge in [-0.3, -0.25) is 9.59 Å². The van der Waals surface area contributed by atoms with Gasteiger partial charge in [-0.1, -0.05) is 55.5 Å².